The fourth-order valence-corrected chi connectivity index (χ4v) is 2.30. The lowest BCUT2D eigenvalue weighted by Crippen LogP contribution is -2.05. The van der Waals surface area contributed by atoms with Crippen molar-refractivity contribution in [1.29, 1.82) is 0 Å². The summed E-state index contributed by atoms with van der Waals surface area (Å²) in [5, 5.41) is 12.2. The number of ether oxygens (including phenoxy) is 1. The number of benzene rings is 1. The zero-order valence-electron chi connectivity index (χ0n) is 9.81. The first-order chi connectivity index (χ1) is 8.79. The maximum Gasteiger partial charge on any atom is 0.227 e. The van der Waals surface area contributed by atoms with Crippen LogP contribution in [0.15, 0.2) is 35.5 Å². The van der Waals surface area contributed by atoms with Crippen LogP contribution in [0.1, 0.15) is 12.5 Å². The van der Waals surface area contributed by atoms with Crippen LogP contribution < -0.4 is 0 Å². The van der Waals surface area contributed by atoms with Gasteiger partial charge in [-0.3, -0.25) is 0 Å². The third kappa shape index (κ3) is 3.51. The SMILES string of the molecule is CCOC(=S)Sc1nnnn1Cc1ccccc1. The highest BCUT2D eigenvalue weighted by Crippen LogP contribution is 2.17. The van der Waals surface area contributed by atoms with Crippen LogP contribution in [0.25, 0.3) is 0 Å². The van der Waals surface area contributed by atoms with Crippen LogP contribution in [-0.4, -0.2) is 31.2 Å². The predicted molar refractivity (Wildman–Crippen MR) is 73.4 cm³/mol. The molecule has 0 aliphatic rings. The fourth-order valence-electron chi connectivity index (χ4n) is 1.35. The molecule has 2 rings (SSSR count). The van der Waals surface area contributed by atoms with E-state index in [4.69, 9.17) is 17.0 Å². The molecule has 1 aromatic carbocycles. The van der Waals surface area contributed by atoms with E-state index in [0.29, 0.717) is 22.7 Å². The number of thiocarbonyl (C=S) groups is 1. The maximum atomic E-state index is 5.21. The Morgan fingerprint density at radius 3 is 2.89 bits per heavy atom. The van der Waals surface area contributed by atoms with Crippen LogP contribution in [0.2, 0.25) is 0 Å². The van der Waals surface area contributed by atoms with Crippen molar-refractivity contribution in [2.24, 2.45) is 0 Å². The van der Waals surface area contributed by atoms with Crippen LogP contribution >= 0.6 is 24.0 Å². The summed E-state index contributed by atoms with van der Waals surface area (Å²) in [6.45, 7) is 3.05. The molecule has 0 unspecified atom stereocenters. The van der Waals surface area contributed by atoms with Crippen molar-refractivity contribution in [3.8, 4) is 0 Å². The highest BCUT2D eigenvalue weighted by atomic mass is 32.2. The molecule has 0 aliphatic carbocycles. The third-order valence-corrected chi connectivity index (χ3v) is 3.24. The first-order valence-corrected chi connectivity index (χ1v) is 6.66. The molecule has 0 saturated carbocycles. The molecule has 0 bridgehead atoms. The van der Waals surface area contributed by atoms with Crippen LogP contribution in [-0.2, 0) is 11.3 Å². The van der Waals surface area contributed by atoms with Crippen molar-refractivity contribution in [1.82, 2.24) is 20.2 Å². The van der Waals surface area contributed by atoms with Crippen LogP contribution in [0.3, 0.4) is 0 Å². The average Bonchev–Trinajstić information content (AvgIpc) is 2.78. The molecule has 0 amide bonds. The molecule has 0 fully saturated rings. The van der Waals surface area contributed by atoms with E-state index < -0.39 is 0 Å². The predicted octanol–water partition coefficient (Wildman–Crippen LogP) is 2.13. The van der Waals surface area contributed by atoms with Gasteiger partial charge < -0.3 is 4.74 Å². The first kappa shape index (κ1) is 13.0. The Kier molecular flexibility index (Phi) is 4.66. The van der Waals surface area contributed by atoms with Gasteiger partial charge >= 0.3 is 0 Å². The molecular weight excluding hydrogens is 268 g/mol. The van der Waals surface area contributed by atoms with Crippen molar-refractivity contribution in [2.75, 3.05) is 6.61 Å². The van der Waals surface area contributed by atoms with Crippen molar-refractivity contribution in [2.45, 2.75) is 18.6 Å². The second kappa shape index (κ2) is 6.46. The average molecular weight is 280 g/mol. The highest BCUT2D eigenvalue weighted by Gasteiger charge is 2.10. The molecule has 0 saturated heterocycles. The Bertz CT molecular complexity index is 515. The number of thioether (sulfide) groups is 1. The van der Waals surface area contributed by atoms with Gasteiger partial charge in [0, 0.05) is 11.8 Å². The van der Waals surface area contributed by atoms with Gasteiger partial charge in [0.2, 0.25) is 9.54 Å². The lowest BCUT2D eigenvalue weighted by Gasteiger charge is -2.05. The van der Waals surface area contributed by atoms with Gasteiger partial charge in [-0.25, -0.2) is 4.68 Å². The van der Waals surface area contributed by atoms with Gasteiger partial charge in [-0.05, 0) is 35.1 Å². The smallest absolute Gasteiger partial charge is 0.227 e. The zero-order chi connectivity index (χ0) is 12.8. The second-order valence-corrected chi connectivity index (χ2v) is 4.96. The summed E-state index contributed by atoms with van der Waals surface area (Å²) in [7, 11) is 0. The molecule has 0 N–H and O–H groups in total. The molecule has 7 heteroatoms. The Balaban J connectivity index is 2.06. The van der Waals surface area contributed by atoms with E-state index in [1.165, 1.54) is 11.8 Å². The van der Waals surface area contributed by atoms with Crippen molar-refractivity contribution in [3.63, 3.8) is 0 Å². The molecule has 0 atom stereocenters. The van der Waals surface area contributed by atoms with Gasteiger partial charge in [0.1, 0.15) is 0 Å². The lowest BCUT2D eigenvalue weighted by molar-refractivity contribution is 0.346. The molecule has 0 spiro atoms. The first-order valence-electron chi connectivity index (χ1n) is 5.44. The lowest BCUT2D eigenvalue weighted by atomic mass is 10.2. The van der Waals surface area contributed by atoms with Crippen molar-refractivity contribution < 1.29 is 4.74 Å². The number of hydrogen-bond acceptors (Lipinski definition) is 6. The van der Waals surface area contributed by atoms with Crippen molar-refractivity contribution >= 4 is 28.4 Å². The molecule has 5 nitrogen and oxygen atoms in total. The monoisotopic (exact) mass is 280 g/mol. The molecule has 18 heavy (non-hydrogen) atoms. The maximum absolute atomic E-state index is 5.21. The van der Waals surface area contributed by atoms with Crippen LogP contribution in [0.4, 0.5) is 0 Å². The Morgan fingerprint density at radius 1 is 1.39 bits per heavy atom. The minimum Gasteiger partial charge on any atom is -0.479 e. The van der Waals surface area contributed by atoms with E-state index in [9.17, 15) is 0 Å². The van der Waals surface area contributed by atoms with Gasteiger partial charge in [-0.1, -0.05) is 30.3 Å². The summed E-state index contributed by atoms with van der Waals surface area (Å²) in [5.41, 5.74) is 1.13. The van der Waals surface area contributed by atoms with Crippen LogP contribution in [0.5, 0.6) is 0 Å². The molecule has 1 aromatic heterocycles. The van der Waals surface area contributed by atoms with Crippen molar-refractivity contribution in [3.05, 3.63) is 35.9 Å². The molecule has 0 aliphatic heterocycles. The molecule has 0 radical (unpaired) electrons. The fraction of sp³-hybridized carbons (Fsp3) is 0.273. The summed E-state index contributed by atoms with van der Waals surface area (Å²) in [4.78, 5) is 0. The standard InChI is InChI=1S/C11H12N4OS2/c1-2-16-11(17)18-10-12-13-14-15(10)8-9-6-4-3-5-7-9/h3-7H,2,8H2,1H3. The molecular formula is C11H12N4OS2. The number of tetrazole rings is 1. The summed E-state index contributed by atoms with van der Waals surface area (Å²) in [5.74, 6) is 0. The molecule has 1 heterocycles. The largest absolute Gasteiger partial charge is 0.479 e. The van der Waals surface area contributed by atoms with Gasteiger partial charge in [-0.2, -0.15) is 0 Å². The van der Waals surface area contributed by atoms with Gasteiger partial charge in [0.25, 0.3) is 0 Å². The van der Waals surface area contributed by atoms with Crippen LogP contribution in [0, 0.1) is 0 Å². The van der Waals surface area contributed by atoms with Gasteiger partial charge in [0.15, 0.2) is 0 Å². The normalized spacial score (nSPS) is 10.3. The van der Waals surface area contributed by atoms with E-state index in [1.54, 1.807) is 4.68 Å². The van der Waals surface area contributed by atoms with E-state index in [-0.39, 0.29) is 0 Å². The third-order valence-electron chi connectivity index (χ3n) is 2.11. The summed E-state index contributed by atoms with van der Waals surface area (Å²) in [6, 6.07) is 9.99. The highest BCUT2D eigenvalue weighted by molar-refractivity contribution is 8.22. The minimum atomic E-state index is 0.432. The Labute approximate surface area is 115 Å². The number of hydrogen-bond donors (Lipinski definition) is 0. The topological polar surface area (TPSA) is 52.8 Å². The summed E-state index contributed by atoms with van der Waals surface area (Å²) >= 11 is 6.31. The summed E-state index contributed by atoms with van der Waals surface area (Å²) < 4.78 is 7.34. The molecule has 94 valence electrons. The quantitative estimate of drug-likeness (QED) is 0.632. The van der Waals surface area contributed by atoms with E-state index in [2.05, 4.69) is 15.5 Å². The van der Waals surface area contributed by atoms with Gasteiger partial charge in [0.05, 0.1) is 13.2 Å². The van der Waals surface area contributed by atoms with E-state index >= 15 is 0 Å². The number of aromatic nitrogens is 4. The Hall–Kier alpha value is -1.47. The summed E-state index contributed by atoms with van der Waals surface area (Å²) in [6.07, 6.45) is 0. The van der Waals surface area contributed by atoms with E-state index in [1.807, 2.05) is 37.3 Å². The number of rotatable bonds is 4. The minimum absolute atomic E-state index is 0.432. The molecule has 2 aromatic rings. The number of nitrogens with zero attached hydrogens (tertiary/aromatic N) is 4. The zero-order valence-corrected chi connectivity index (χ0v) is 11.4. The Morgan fingerprint density at radius 2 is 2.17 bits per heavy atom. The van der Waals surface area contributed by atoms with E-state index in [0.717, 1.165) is 5.56 Å². The second-order valence-electron chi connectivity index (χ2n) is 3.39. The van der Waals surface area contributed by atoms with Gasteiger partial charge in [-0.15, -0.1) is 5.10 Å².